The van der Waals surface area contributed by atoms with Gasteiger partial charge in [0.25, 0.3) is 0 Å². The highest BCUT2D eigenvalue weighted by Gasteiger charge is 2.12. The normalized spacial score (nSPS) is 10.5. The second kappa shape index (κ2) is 6.76. The molecule has 2 rings (SSSR count). The highest BCUT2D eigenvalue weighted by Crippen LogP contribution is 2.27. The first-order valence-electron chi connectivity index (χ1n) is 6.71. The molecule has 0 aliphatic heterocycles. The molecule has 0 aliphatic rings. The van der Waals surface area contributed by atoms with Crippen molar-refractivity contribution in [2.24, 2.45) is 0 Å². The van der Waals surface area contributed by atoms with Crippen LogP contribution in [0.2, 0.25) is 0 Å². The molecule has 0 saturated carbocycles. The van der Waals surface area contributed by atoms with E-state index in [-0.39, 0.29) is 6.10 Å². The second-order valence-electron chi connectivity index (χ2n) is 5.02. The van der Waals surface area contributed by atoms with Crippen LogP contribution in [-0.4, -0.2) is 12.1 Å². The number of carbonyl (C=O) groups is 1. The van der Waals surface area contributed by atoms with Gasteiger partial charge in [-0.3, -0.25) is 0 Å². The minimum absolute atomic E-state index is 0.0754. The van der Waals surface area contributed by atoms with Crippen LogP contribution in [0.3, 0.4) is 0 Å². The number of hydrogen-bond acceptors (Lipinski definition) is 3. The summed E-state index contributed by atoms with van der Waals surface area (Å²) < 4.78 is 11.7. The third kappa shape index (κ3) is 4.33. The molecule has 0 N–H and O–H groups in total. The SMILES string of the molecule is Cc1cccc(OC(=O)c2ccc(OC(C)C)c(Br)c2)c1. The van der Waals surface area contributed by atoms with Crippen molar-refractivity contribution in [3.8, 4) is 11.5 Å². The Kier molecular flexibility index (Phi) is 5.02. The summed E-state index contributed by atoms with van der Waals surface area (Å²) in [6, 6.07) is 12.5. The average Bonchev–Trinajstić information content (AvgIpc) is 2.40. The first-order valence-corrected chi connectivity index (χ1v) is 7.50. The largest absolute Gasteiger partial charge is 0.490 e. The lowest BCUT2D eigenvalue weighted by Gasteiger charge is -2.12. The van der Waals surface area contributed by atoms with Crippen LogP contribution in [0.1, 0.15) is 29.8 Å². The predicted octanol–water partition coefficient (Wildman–Crippen LogP) is 4.76. The van der Waals surface area contributed by atoms with E-state index in [0.29, 0.717) is 17.1 Å². The predicted molar refractivity (Wildman–Crippen MR) is 86.0 cm³/mol. The van der Waals surface area contributed by atoms with E-state index in [0.717, 1.165) is 10.0 Å². The van der Waals surface area contributed by atoms with E-state index in [1.807, 2.05) is 39.0 Å². The summed E-state index contributed by atoms with van der Waals surface area (Å²) in [4.78, 5) is 12.1. The van der Waals surface area contributed by atoms with Crippen LogP contribution in [-0.2, 0) is 0 Å². The molecule has 0 aromatic heterocycles. The Morgan fingerprint density at radius 2 is 1.90 bits per heavy atom. The van der Waals surface area contributed by atoms with Crippen molar-refractivity contribution in [3.05, 3.63) is 58.1 Å². The fourth-order valence-corrected chi connectivity index (χ4v) is 2.29. The molecule has 3 nitrogen and oxygen atoms in total. The van der Waals surface area contributed by atoms with Crippen molar-refractivity contribution >= 4 is 21.9 Å². The molecule has 0 heterocycles. The molecule has 4 heteroatoms. The number of rotatable bonds is 4. The maximum atomic E-state index is 12.1. The number of esters is 1. The number of carbonyl (C=O) groups excluding carboxylic acids is 1. The molecule has 0 saturated heterocycles. The van der Waals surface area contributed by atoms with E-state index in [9.17, 15) is 4.79 Å². The van der Waals surface area contributed by atoms with Crippen LogP contribution in [0.15, 0.2) is 46.9 Å². The van der Waals surface area contributed by atoms with Gasteiger partial charge in [0, 0.05) is 0 Å². The number of ether oxygens (including phenoxy) is 2. The van der Waals surface area contributed by atoms with E-state index in [1.54, 1.807) is 24.3 Å². The van der Waals surface area contributed by atoms with Gasteiger partial charge in [-0.2, -0.15) is 0 Å². The zero-order valence-electron chi connectivity index (χ0n) is 12.2. The number of hydrogen-bond donors (Lipinski definition) is 0. The van der Waals surface area contributed by atoms with Gasteiger partial charge in [0.05, 0.1) is 16.1 Å². The third-order valence-corrected chi connectivity index (χ3v) is 3.35. The molecule has 0 unspecified atom stereocenters. The van der Waals surface area contributed by atoms with Crippen molar-refractivity contribution in [2.75, 3.05) is 0 Å². The summed E-state index contributed by atoms with van der Waals surface area (Å²) in [6.45, 7) is 5.85. The quantitative estimate of drug-likeness (QED) is 0.590. The average molecular weight is 349 g/mol. The van der Waals surface area contributed by atoms with Crippen molar-refractivity contribution in [2.45, 2.75) is 26.9 Å². The first kappa shape index (κ1) is 15.6. The monoisotopic (exact) mass is 348 g/mol. The van der Waals surface area contributed by atoms with Crippen LogP contribution in [0.25, 0.3) is 0 Å². The van der Waals surface area contributed by atoms with E-state index < -0.39 is 5.97 Å². The first-order chi connectivity index (χ1) is 9.95. The molecule has 0 amide bonds. The molecule has 0 fully saturated rings. The third-order valence-electron chi connectivity index (χ3n) is 2.73. The molecule has 0 spiro atoms. The van der Waals surface area contributed by atoms with Gasteiger partial charge in [-0.25, -0.2) is 4.79 Å². The highest BCUT2D eigenvalue weighted by atomic mass is 79.9. The van der Waals surface area contributed by atoms with Crippen LogP contribution in [0.4, 0.5) is 0 Å². The van der Waals surface area contributed by atoms with Crippen LogP contribution in [0, 0.1) is 6.92 Å². The Bertz CT molecular complexity index is 650. The van der Waals surface area contributed by atoms with Gasteiger partial charge in [-0.15, -0.1) is 0 Å². The van der Waals surface area contributed by atoms with E-state index in [2.05, 4.69) is 15.9 Å². The molecule has 0 bridgehead atoms. The van der Waals surface area contributed by atoms with Crippen molar-refractivity contribution in [3.63, 3.8) is 0 Å². The van der Waals surface area contributed by atoms with Gasteiger partial charge in [-0.1, -0.05) is 12.1 Å². The minimum atomic E-state index is -0.391. The Morgan fingerprint density at radius 1 is 1.14 bits per heavy atom. The van der Waals surface area contributed by atoms with Gasteiger partial charge in [-0.05, 0) is 72.6 Å². The molecular formula is C17H17BrO3. The Labute approximate surface area is 133 Å². The molecule has 110 valence electrons. The van der Waals surface area contributed by atoms with Crippen molar-refractivity contribution < 1.29 is 14.3 Å². The van der Waals surface area contributed by atoms with Crippen LogP contribution >= 0.6 is 15.9 Å². The number of benzene rings is 2. The minimum Gasteiger partial charge on any atom is -0.490 e. The smallest absolute Gasteiger partial charge is 0.343 e. The summed E-state index contributed by atoms with van der Waals surface area (Å²) in [5.41, 5.74) is 1.52. The second-order valence-corrected chi connectivity index (χ2v) is 5.87. The Balaban J connectivity index is 2.14. The lowest BCUT2D eigenvalue weighted by molar-refractivity contribution is 0.0734. The van der Waals surface area contributed by atoms with E-state index >= 15 is 0 Å². The molecular weight excluding hydrogens is 332 g/mol. The van der Waals surface area contributed by atoms with Gasteiger partial charge >= 0.3 is 5.97 Å². The fourth-order valence-electron chi connectivity index (χ4n) is 1.82. The van der Waals surface area contributed by atoms with Crippen LogP contribution in [0.5, 0.6) is 11.5 Å². The number of halogens is 1. The fraction of sp³-hybridized carbons (Fsp3) is 0.235. The van der Waals surface area contributed by atoms with Crippen molar-refractivity contribution in [1.29, 1.82) is 0 Å². The lowest BCUT2D eigenvalue weighted by atomic mass is 10.2. The summed E-state index contributed by atoms with van der Waals surface area (Å²) in [6.07, 6.45) is 0.0754. The summed E-state index contributed by atoms with van der Waals surface area (Å²) in [7, 11) is 0. The van der Waals surface area contributed by atoms with Crippen LogP contribution < -0.4 is 9.47 Å². The highest BCUT2D eigenvalue weighted by molar-refractivity contribution is 9.10. The maximum Gasteiger partial charge on any atom is 0.343 e. The molecule has 0 aliphatic carbocycles. The van der Waals surface area contributed by atoms with Crippen molar-refractivity contribution in [1.82, 2.24) is 0 Å². The lowest BCUT2D eigenvalue weighted by Crippen LogP contribution is -2.10. The maximum absolute atomic E-state index is 12.1. The van der Waals surface area contributed by atoms with Gasteiger partial charge in [0.1, 0.15) is 11.5 Å². The molecule has 2 aromatic carbocycles. The standard InChI is InChI=1S/C17H17BrO3/c1-11(2)20-16-8-7-13(10-15(16)18)17(19)21-14-6-4-5-12(3)9-14/h4-11H,1-3H3. The molecule has 2 aromatic rings. The molecule has 0 radical (unpaired) electrons. The summed E-state index contributed by atoms with van der Waals surface area (Å²) in [5.74, 6) is 0.855. The molecule has 21 heavy (non-hydrogen) atoms. The van der Waals surface area contributed by atoms with E-state index in [4.69, 9.17) is 9.47 Å². The number of aryl methyl sites for hydroxylation is 1. The summed E-state index contributed by atoms with van der Waals surface area (Å²) in [5, 5.41) is 0. The topological polar surface area (TPSA) is 35.5 Å². The van der Waals surface area contributed by atoms with Gasteiger partial charge < -0.3 is 9.47 Å². The Morgan fingerprint density at radius 3 is 2.52 bits per heavy atom. The Hall–Kier alpha value is -1.81. The van der Waals surface area contributed by atoms with E-state index in [1.165, 1.54) is 0 Å². The van der Waals surface area contributed by atoms with Gasteiger partial charge in [0.15, 0.2) is 0 Å². The zero-order valence-corrected chi connectivity index (χ0v) is 13.8. The molecule has 0 atom stereocenters. The van der Waals surface area contributed by atoms with Gasteiger partial charge in [0.2, 0.25) is 0 Å². The zero-order chi connectivity index (χ0) is 15.4. The summed E-state index contributed by atoms with van der Waals surface area (Å²) >= 11 is 3.41.